The summed E-state index contributed by atoms with van der Waals surface area (Å²) in [5, 5.41) is 19.4. The second-order valence-electron chi connectivity index (χ2n) is 11.7. The second-order valence-corrected chi connectivity index (χ2v) is 12.4. The van der Waals surface area contributed by atoms with Gasteiger partial charge in [-0.3, -0.25) is 10.1 Å². The van der Waals surface area contributed by atoms with Crippen LogP contribution in [-0.2, 0) is 35.8 Å². The van der Waals surface area contributed by atoms with Crippen LogP contribution in [0.5, 0.6) is 11.8 Å². The average molecular weight is 705 g/mol. The number of nitrogens with one attached hydrogen (secondary N) is 3. The Kier molecular flexibility index (Phi) is 10.6. The number of pyridine rings is 1. The van der Waals surface area contributed by atoms with Gasteiger partial charge in [0.15, 0.2) is 0 Å². The Balaban J connectivity index is 1.21. The monoisotopic (exact) mass is 703 g/mol. The number of hydrogen-bond donors (Lipinski definition) is 4. The van der Waals surface area contributed by atoms with Gasteiger partial charge in [-0.2, -0.15) is 4.98 Å². The van der Waals surface area contributed by atoms with Crippen molar-refractivity contribution in [2.45, 2.75) is 45.1 Å². The molecule has 14 heteroatoms. The van der Waals surface area contributed by atoms with Crippen molar-refractivity contribution in [1.82, 2.24) is 30.9 Å². The highest BCUT2D eigenvalue weighted by atomic mass is 35.5. The molecule has 254 valence electrons. The van der Waals surface area contributed by atoms with E-state index in [0.29, 0.717) is 65.2 Å². The van der Waals surface area contributed by atoms with Gasteiger partial charge in [0.05, 0.1) is 78.8 Å². The van der Waals surface area contributed by atoms with E-state index in [1.54, 1.807) is 14.2 Å². The molecule has 6 rings (SSSR count). The van der Waals surface area contributed by atoms with Crippen LogP contribution in [0.15, 0.2) is 54.2 Å². The quantitative estimate of drug-likeness (QED) is 0.142. The van der Waals surface area contributed by atoms with Crippen LogP contribution < -0.4 is 30.3 Å². The largest absolute Gasteiger partial charge is 0.481 e. The van der Waals surface area contributed by atoms with Crippen molar-refractivity contribution in [2.75, 3.05) is 32.2 Å². The minimum absolute atomic E-state index is 0.186. The van der Waals surface area contributed by atoms with Gasteiger partial charge in [-0.25, -0.2) is 14.8 Å². The first-order valence-corrected chi connectivity index (χ1v) is 16.5. The van der Waals surface area contributed by atoms with Crippen LogP contribution in [-0.4, -0.2) is 65.3 Å². The van der Waals surface area contributed by atoms with Gasteiger partial charge >= 0.3 is 5.97 Å². The summed E-state index contributed by atoms with van der Waals surface area (Å²) in [5.74, 6) is 2.38. The highest BCUT2D eigenvalue weighted by Gasteiger charge is 2.28. The van der Waals surface area contributed by atoms with Gasteiger partial charge in [0.2, 0.25) is 11.8 Å². The van der Waals surface area contributed by atoms with E-state index in [4.69, 9.17) is 42.8 Å². The van der Waals surface area contributed by atoms with Crippen LogP contribution >= 0.6 is 23.2 Å². The van der Waals surface area contributed by atoms with E-state index in [1.807, 2.05) is 54.5 Å². The van der Waals surface area contributed by atoms with Crippen LogP contribution in [0.1, 0.15) is 35.5 Å². The molecule has 0 radical (unpaired) electrons. The summed E-state index contributed by atoms with van der Waals surface area (Å²) in [7, 11) is 3.14. The minimum atomic E-state index is -0.959. The molecule has 0 unspecified atom stereocenters. The summed E-state index contributed by atoms with van der Waals surface area (Å²) in [6.45, 7) is 2.19. The zero-order valence-corrected chi connectivity index (χ0v) is 28.5. The fraction of sp³-hybridized carbons (Fsp3) is 0.314. The minimum Gasteiger partial charge on any atom is -0.481 e. The van der Waals surface area contributed by atoms with E-state index >= 15 is 0 Å². The van der Waals surface area contributed by atoms with E-state index in [0.717, 1.165) is 52.0 Å². The first-order chi connectivity index (χ1) is 23.8. The lowest BCUT2D eigenvalue weighted by atomic mass is 10.00. The van der Waals surface area contributed by atoms with Crippen LogP contribution in [0.25, 0.3) is 22.4 Å². The standard InChI is InChI=1S/C35H35Cl2N7O5/c1-48-34-20(13-38-14-21-10-11-22(19-45)40-21)9-12-27(42-34)25-7-3-5-23(32(25)36)24-6-4-8-29(33(24)37)44-17-26-28(18-44)41-30(43-35(26)49-2)15-39-16-31(46)47/h3-9,12,21,38-40H,10-11,13-18H2,1-2H3,(H,46,47)/t21-/m0/s1. The molecule has 0 amide bonds. The number of carboxylic acid groups (broad SMARTS) is 1. The van der Waals surface area contributed by atoms with Crippen LogP contribution in [0.3, 0.4) is 0 Å². The number of anilines is 1. The van der Waals surface area contributed by atoms with Gasteiger partial charge in [-0.05, 0) is 18.6 Å². The normalized spacial score (nSPS) is 15.1. The number of hydrogen-bond acceptors (Lipinski definition) is 11. The molecule has 0 bridgehead atoms. The summed E-state index contributed by atoms with van der Waals surface area (Å²) in [4.78, 5) is 37.9. The molecular weight excluding hydrogens is 669 g/mol. The fourth-order valence-corrected chi connectivity index (χ4v) is 6.81. The Morgan fingerprint density at radius 2 is 1.71 bits per heavy atom. The molecule has 0 aliphatic carbocycles. The number of rotatable bonds is 13. The number of fused-ring (bicyclic) bond motifs is 1. The van der Waals surface area contributed by atoms with Crippen molar-refractivity contribution >= 4 is 40.8 Å². The van der Waals surface area contributed by atoms with Crippen molar-refractivity contribution in [3.05, 3.63) is 86.9 Å². The van der Waals surface area contributed by atoms with Gasteiger partial charge in [0, 0.05) is 47.8 Å². The molecule has 0 spiro atoms. The third kappa shape index (κ3) is 7.49. The van der Waals surface area contributed by atoms with Gasteiger partial charge in [0.25, 0.3) is 0 Å². The van der Waals surface area contributed by atoms with Gasteiger partial charge in [-0.15, -0.1) is 0 Å². The number of carboxylic acids is 1. The van der Waals surface area contributed by atoms with E-state index in [1.165, 1.54) is 0 Å². The zero-order valence-electron chi connectivity index (χ0n) is 27.0. The average Bonchev–Trinajstić information content (AvgIpc) is 3.75. The Morgan fingerprint density at radius 1 is 0.959 bits per heavy atom. The van der Waals surface area contributed by atoms with Crippen molar-refractivity contribution in [1.29, 1.82) is 0 Å². The predicted octanol–water partition coefficient (Wildman–Crippen LogP) is 4.78. The number of aliphatic carboxylic acids is 1. The number of aromatic nitrogens is 3. The van der Waals surface area contributed by atoms with Gasteiger partial charge in [-0.1, -0.05) is 59.6 Å². The molecule has 12 nitrogen and oxygen atoms in total. The number of benzene rings is 2. The number of carbonyl (C=O) groups is 1. The first kappa shape index (κ1) is 34.2. The SMILES string of the molecule is COc1nc(-c2cccc(-c3cccc(N4Cc5nc(CNCC(=O)O)nc(OC)c5C4)c3Cl)c2Cl)ccc1CNC[C@@H]1CCC(=C=O)N1. The summed E-state index contributed by atoms with van der Waals surface area (Å²) in [6, 6.07) is 15.7. The maximum atomic E-state index is 10.9. The van der Waals surface area contributed by atoms with Gasteiger partial charge in [0.1, 0.15) is 11.8 Å². The number of methoxy groups -OCH3 is 2. The number of ether oxygens (including phenoxy) is 2. The van der Waals surface area contributed by atoms with E-state index < -0.39 is 5.97 Å². The van der Waals surface area contributed by atoms with Crippen LogP contribution in [0, 0.1) is 0 Å². The number of carbonyl (C=O) groups excluding carboxylic acids is 1. The predicted molar refractivity (Wildman–Crippen MR) is 187 cm³/mol. The molecule has 0 saturated carbocycles. The van der Waals surface area contributed by atoms with E-state index in [2.05, 4.69) is 30.8 Å². The van der Waals surface area contributed by atoms with E-state index in [-0.39, 0.29) is 19.1 Å². The second kappa shape index (κ2) is 15.2. The molecule has 1 fully saturated rings. The molecule has 2 aliphatic heterocycles. The highest BCUT2D eigenvalue weighted by Crippen LogP contribution is 2.44. The molecule has 1 saturated heterocycles. The zero-order chi connectivity index (χ0) is 34.5. The lowest BCUT2D eigenvalue weighted by Gasteiger charge is -2.21. The molecule has 2 aromatic heterocycles. The Hall–Kier alpha value is -4.71. The van der Waals surface area contributed by atoms with E-state index in [9.17, 15) is 9.59 Å². The molecule has 4 heterocycles. The third-order valence-corrected chi connectivity index (χ3v) is 9.31. The number of halogens is 2. The Morgan fingerprint density at radius 3 is 2.45 bits per heavy atom. The highest BCUT2D eigenvalue weighted by molar-refractivity contribution is 6.39. The maximum absolute atomic E-state index is 10.9. The molecule has 4 N–H and O–H groups in total. The topological polar surface area (TPSA) is 151 Å². The summed E-state index contributed by atoms with van der Waals surface area (Å²) in [5.41, 5.74) is 6.88. The number of nitrogens with zero attached hydrogens (tertiary/aromatic N) is 4. The smallest absolute Gasteiger partial charge is 0.317 e. The summed E-state index contributed by atoms with van der Waals surface area (Å²) in [6.07, 6.45) is 1.61. The van der Waals surface area contributed by atoms with Crippen molar-refractivity contribution in [2.24, 2.45) is 0 Å². The lowest BCUT2D eigenvalue weighted by Crippen LogP contribution is -2.33. The molecular formula is C35H35Cl2N7O5. The van der Waals surface area contributed by atoms with Crippen molar-refractivity contribution in [3.63, 3.8) is 0 Å². The summed E-state index contributed by atoms with van der Waals surface area (Å²) >= 11 is 14.2. The van der Waals surface area contributed by atoms with Crippen LogP contribution in [0.2, 0.25) is 10.0 Å². The molecule has 1 atom stereocenters. The van der Waals surface area contributed by atoms with Crippen molar-refractivity contribution < 1.29 is 24.2 Å². The van der Waals surface area contributed by atoms with Crippen molar-refractivity contribution in [3.8, 4) is 34.1 Å². The Labute approximate surface area is 293 Å². The molecule has 49 heavy (non-hydrogen) atoms. The lowest BCUT2D eigenvalue weighted by molar-refractivity contribution is -0.136. The fourth-order valence-electron chi connectivity index (χ4n) is 6.14. The molecule has 2 aliphatic rings. The van der Waals surface area contributed by atoms with Crippen LogP contribution in [0.4, 0.5) is 5.69 Å². The molecule has 4 aromatic rings. The molecule has 2 aromatic carbocycles. The number of allylic oxidation sites excluding steroid dienone is 1. The Bertz CT molecular complexity index is 1940. The summed E-state index contributed by atoms with van der Waals surface area (Å²) < 4.78 is 11.2. The maximum Gasteiger partial charge on any atom is 0.317 e. The third-order valence-electron chi connectivity index (χ3n) is 8.51. The first-order valence-electron chi connectivity index (χ1n) is 15.7. The van der Waals surface area contributed by atoms with Gasteiger partial charge < -0.3 is 30.1 Å².